The normalized spacial score (nSPS) is 26.9. The zero-order valence-corrected chi connectivity index (χ0v) is 12.7. The van der Waals surface area contributed by atoms with E-state index in [-0.39, 0.29) is 11.9 Å². The van der Waals surface area contributed by atoms with Crippen molar-refractivity contribution >= 4 is 17.7 Å². The topological polar surface area (TPSA) is 50.2 Å². The molecule has 0 bridgehead atoms. The molecule has 0 saturated carbocycles. The minimum Gasteiger partial charge on any atom is -0.339 e. The van der Waals surface area contributed by atoms with Crippen LogP contribution < -0.4 is 5.32 Å². The molecule has 3 heterocycles. The van der Waals surface area contributed by atoms with E-state index in [0.29, 0.717) is 6.04 Å². The van der Waals surface area contributed by atoms with Crippen LogP contribution in [-0.2, 0) is 11.2 Å². The lowest BCUT2D eigenvalue weighted by molar-refractivity contribution is -0.134. The summed E-state index contributed by atoms with van der Waals surface area (Å²) in [5, 5.41) is 3.28. The van der Waals surface area contributed by atoms with Crippen molar-refractivity contribution in [3.05, 3.63) is 18.2 Å². The number of imidazole rings is 1. The molecular formula is C14H22N4OS. The van der Waals surface area contributed by atoms with Gasteiger partial charge in [0, 0.05) is 43.5 Å². The maximum absolute atomic E-state index is 12.5. The second-order valence-corrected chi connectivity index (χ2v) is 6.49. The van der Waals surface area contributed by atoms with E-state index in [4.69, 9.17) is 0 Å². The standard InChI is InChI=1S/C14H22N4OS/c1-2-13-15-5-7-18(13)11-4-3-6-17(8-11)14(19)12-9-20-10-16-12/h5,7,11-12,16H,2-4,6,8-10H2,1H3. The van der Waals surface area contributed by atoms with Gasteiger partial charge in [-0.15, -0.1) is 11.8 Å². The second kappa shape index (κ2) is 6.18. The molecule has 110 valence electrons. The van der Waals surface area contributed by atoms with Crippen molar-refractivity contribution in [2.24, 2.45) is 0 Å². The van der Waals surface area contributed by atoms with Crippen LogP contribution in [0.5, 0.6) is 0 Å². The van der Waals surface area contributed by atoms with Gasteiger partial charge in [-0.2, -0.15) is 0 Å². The summed E-state index contributed by atoms with van der Waals surface area (Å²) in [5.41, 5.74) is 0. The first-order valence-corrected chi connectivity index (χ1v) is 8.56. The lowest BCUT2D eigenvalue weighted by Crippen LogP contribution is -2.49. The van der Waals surface area contributed by atoms with Crippen LogP contribution in [0.15, 0.2) is 12.4 Å². The summed E-state index contributed by atoms with van der Waals surface area (Å²) >= 11 is 1.81. The summed E-state index contributed by atoms with van der Waals surface area (Å²) in [7, 11) is 0. The molecule has 3 rings (SSSR count). The van der Waals surface area contributed by atoms with Crippen LogP contribution in [0.1, 0.15) is 31.6 Å². The third-order valence-corrected chi connectivity index (χ3v) is 5.12. The van der Waals surface area contributed by atoms with Gasteiger partial charge in [0.25, 0.3) is 0 Å². The van der Waals surface area contributed by atoms with Gasteiger partial charge in [0.05, 0.1) is 12.1 Å². The van der Waals surface area contributed by atoms with E-state index < -0.39 is 0 Å². The minimum atomic E-state index is 0.0205. The van der Waals surface area contributed by atoms with Crippen LogP contribution in [0.3, 0.4) is 0 Å². The van der Waals surface area contributed by atoms with Gasteiger partial charge in [-0.3, -0.25) is 10.1 Å². The number of likely N-dealkylation sites (tertiary alicyclic amines) is 1. The predicted molar refractivity (Wildman–Crippen MR) is 80.7 cm³/mol. The van der Waals surface area contributed by atoms with Crippen LogP contribution in [0.25, 0.3) is 0 Å². The highest BCUT2D eigenvalue weighted by molar-refractivity contribution is 7.99. The number of aryl methyl sites for hydroxylation is 1. The first kappa shape index (κ1) is 13.9. The number of carbonyl (C=O) groups excluding carboxylic acids is 1. The number of aromatic nitrogens is 2. The number of thioether (sulfide) groups is 1. The monoisotopic (exact) mass is 294 g/mol. The molecule has 6 heteroatoms. The Morgan fingerprint density at radius 1 is 1.60 bits per heavy atom. The van der Waals surface area contributed by atoms with E-state index in [2.05, 4.69) is 28.0 Å². The summed E-state index contributed by atoms with van der Waals surface area (Å²) in [5.74, 6) is 3.21. The van der Waals surface area contributed by atoms with Gasteiger partial charge < -0.3 is 9.47 Å². The highest BCUT2D eigenvalue weighted by atomic mass is 32.2. The smallest absolute Gasteiger partial charge is 0.240 e. The van der Waals surface area contributed by atoms with Crippen LogP contribution >= 0.6 is 11.8 Å². The molecular weight excluding hydrogens is 272 g/mol. The lowest BCUT2D eigenvalue weighted by Gasteiger charge is -2.35. The van der Waals surface area contributed by atoms with E-state index in [1.54, 1.807) is 11.8 Å². The van der Waals surface area contributed by atoms with E-state index >= 15 is 0 Å². The molecule has 2 aliphatic rings. The molecule has 0 aliphatic carbocycles. The number of carbonyl (C=O) groups is 1. The molecule has 2 atom stereocenters. The first-order chi connectivity index (χ1) is 9.79. The number of hydrogen-bond donors (Lipinski definition) is 1. The molecule has 5 nitrogen and oxygen atoms in total. The van der Waals surface area contributed by atoms with Crippen molar-refractivity contribution < 1.29 is 4.79 Å². The molecule has 2 unspecified atom stereocenters. The Balaban J connectivity index is 1.68. The van der Waals surface area contributed by atoms with Gasteiger partial charge in [0.2, 0.25) is 5.91 Å². The quantitative estimate of drug-likeness (QED) is 0.912. The molecule has 1 aromatic rings. The molecule has 0 spiro atoms. The maximum atomic E-state index is 12.5. The fraction of sp³-hybridized carbons (Fsp3) is 0.714. The molecule has 2 saturated heterocycles. The number of nitrogens with zero attached hydrogens (tertiary/aromatic N) is 3. The summed E-state index contributed by atoms with van der Waals surface area (Å²) in [6, 6.07) is 0.409. The number of hydrogen-bond acceptors (Lipinski definition) is 4. The Morgan fingerprint density at radius 2 is 2.50 bits per heavy atom. The third kappa shape index (κ3) is 2.72. The van der Waals surface area contributed by atoms with Gasteiger partial charge in [-0.25, -0.2) is 4.98 Å². The summed E-state index contributed by atoms with van der Waals surface area (Å²) in [6.45, 7) is 3.85. The summed E-state index contributed by atoms with van der Waals surface area (Å²) < 4.78 is 2.26. The zero-order valence-electron chi connectivity index (χ0n) is 11.9. The van der Waals surface area contributed by atoms with E-state index in [0.717, 1.165) is 49.8 Å². The van der Waals surface area contributed by atoms with Crippen molar-refractivity contribution in [3.8, 4) is 0 Å². The molecule has 0 aromatic carbocycles. The number of piperidine rings is 1. The Labute approximate surface area is 124 Å². The first-order valence-electron chi connectivity index (χ1n) is 7.41. The van der Waals surface area contributed by atoms with Crippen LogP contribution in [-0.4, -0.2) is 51.1 Å². The van der Waals surface area contributed by atoms with Crippen molar-refractivity contribution in [2.45, 2.75) is 38.3 Å². The second-order valence-electron chi connectivity index (χ2n) is 5.46. The van der Waals surface area contributed by atoms with Gasteiger partial charge >= 0.3 is 0 Å². The molecule has 1 aromatic heterocycles. The molecule has 1 N–H and O–H groups in total. The van der Waals surface area contributed by atoms with Gasteiger partial charge in [-0.1, -0.05) is 6.92 Å². The van der Waals surface area contributed by atoms with E-state index in [9.17, 15) is 4.79 Å². The molecule has 20 heavy (non-hydrogen) atoms. The lowest BCUT2D eigenvalue weighted by atomic mass is 10.0. The maximum Gasteiger partial charge on any atom is 0.240 e. The predicted octanol–water partition coefficient (Wildman–Crippen LogP) is 1.27. The fourth-order valence-electron chi connectivity index (χ4n) is 3.11. The average molecular weight is 294 g/mol. The fourth-order valence-corrected chi connectivity index (χ4v) is 4.04. The number of nitrogens with one attached hydrogen (secondary N) is 1. The third-order valence-electron chi connectivity index (χ3n) is 4.18. The van der Waals surface area contributed by atoms with E-state index in [1.165, 1.54) is 0 Å². The van der Waals surface area contributed by atoms with Crippen LogP contribution in [0.4, 0.5) is 0 Å². The highest BCUT2D eigenvalue weighted by Gasteiger charge is 2.31. The zero-order chi connectivity index (χ0) is 13.9. The van der Waals surface area contributed by atoms with Gasteiger partial charge in [-0.05, 0) is 12.8 Å². The Morgan fingerprint density at radius 3 is 3.25 bits per heavy atom. The van der Waals surface area contributed by atoms with Crippen molar-refractivity contribution in [3.63, 3.8) is 0 Å². The van der Waals surface area contributed by atoms with Gasteiger partial charge in [0.15, 0.2) is 0 Å². The van der Waals surface area contributed by atoms with Crippen molar-refractivity contribution in [1.82, 2.24) is 19.8 Å². The molecule has 2 aliphatic heterocycles. The summed E-state index contributed by atoms with van der Waals surface area (Å²) in [6.07, 6.45) is 7.09. The highest BCUT2D eigenvalue weighted by Crippen LogP contribution is 2.24. The Kier molecular flexibility index (Phi) is 4.31. The van der Waals surface area contributed by atoms with Crippen LogP contribution in [0.2, 0.25) is 0 Å². The summed E-state index contributed by atoms with van der Waals surface area (Å²) in [4.78, 5) is 18.9. The number of amides is 1. The largest absolute Gasteiger partial charge is 0.339 e. The molecule has 2 fully saturated rings. The number of rotatable bonds is 3. The van der Waals surface area contributed by atoms with Crippen molar-refractivity contribution in [1.29, 1.82) is 0 Å². The van der Waals surface area contributed by atoms with Gasteiger partial charge in [0.1, 0.15) is 5.82 Å². The molecule has 1 amide bonds. The van der Waals surface area contributed by atoms with Crippen molar-refractivity contribution in [2.75, 3.05) is 24.7 Å². The average Bonchev–Trinajstić information content (AvgIpc) is 3.17. The van der Waals surface area contributed by atoms with Crippen LogP contribution in [0, 0.1) is 0 Å². The molecule has 0 radical (unpaired) electrons. The Hall–Kier alpha value is -1.01. The van der Waals surface area contributed by atoms with E-state index in [1.807, 2.05) is 11.1 Å². The Bertz CT molecular complexity index is 469. The SMILES string of the molecule is CCc1nccn1C1CCCN(C(=O)C2CSCN2)C1. The minimum absolute atomic E-state index is 0.0205.